The smallest absolute Gasteiger partial charge is 0.304 e. The van der Waals surface area contributed by atoms with E-state index in [4.69, 9.17) is 0 Å². The quantitative estimate of drug-likeness (QED) is 0.497. The van der Waals surface area contributed by atoms with E-state index in [0.717, 1.165) is 20.6 Å². The van der Waals surface area contributed by atoms with Gasteiger partial charge in [-0.3, -0.25) is 9.59 Å². The van der Waals surface area contributed by atoms with E-state index in [9.17, 15) is 18.0 Å². The van der Waals surface area contributed by atoms with Gasteiger partial charge in [0.2, 0.25) is 11.8 Å². The topological polar surface area (TPSA) is 90.0 Å². The van der Waals surface area contributed by atoms with Crippen LogP contribution in [0.3, 0.4) is 0 Å². The Morgan fingerprint density at radius 2 is 1.50 bits per heavy atom. The summed E-state index contributed by atoms with van der Waals surface area (Å²) in [7, 11) is -1.09. The van der Waals surface area contributed by atoms with Gasteiger partial charge in [0.25, 0.3) is 0 Å². The normalized spacial score (nSPS) is 13.2. The highest BCUT2D eigenvalue weighted by atomic mass is 32.2. The van der Waals surface area contributed by atoms with E-state index < -0.39 is 28.7 Å². The molecule has 0 aliphatic heterocycles. The van der Waals surface area contributed by atoms with Crippen LogP contribution >= 0.6 is 0 Å². The fraction of sp³-hybridized carbons (Fsp3) is 0.440. The molecular formula is C25H36N4O4S. The molecule has 2 aromatic carbocycles. The molecule has 1 N–H and O–H groups in total. The number of carbonyl (C=O) groups is 2. The van der Waals surface area contributed by atoms with Crippen molar-refractivity contribution in [1.82, 2.24) is 14.5 Å². The van der Waals surface area contributed by atoms with Gasteiger partial charge in [-0.15, -0.1) is 0 Å². The molecule has 2 unspecified atom stereocenters. The number of benzene rings is 2. The number of rotatable bonds is 12. The van der Waals surface area contributed by atoms with Crippen LogP contribution in [0.1, 0.15) is 32.8 Å². The molecule has 0 aliphatic carbocycles. The standard InChI is InChI=1S/C25H36N4O4S/c1-6-20(2)26-25(31)21(3)28(18-17-22-13-9-7-10-14-22)24(30)19-29(34(32,33)27(4)5)23-15-11-8-12-16-23/h7-16,20-21H,6,17-19H2,1-5H3,(H,26,31). The number of nitrogens with one attached hydrogen (secondary N) is 1. The van der Waals surface area contributed by atoms with Crippen molar-refractivity contribution < 1.29 is 18.0 Å². The maximum atomic E-state index is 13.5. The maximum Gasteiger partial charge on any atom is 0.304 e. The van der Waals surface area contributed by atoms with Gasteiger partial charge in [0, 0.05) is 26.7 Å². The van der Waals surface area contributed by atoms with Crippen molar-refractivity contribution in [2.45, 2.75) is 45.7 Å². The number of hydrogen-bond acceptors (Lipinski definition) is 4. The van der Waals surface area contributed by atoms with Crippen LogP contribution in [0.2, 0.25) is 0 Å². The van der Waals surface area contributed by atoms with Crippen LogP contribution < -0.4 is 9.62 Å². The van der Waals surface area contributed by atoms with Gasteiger partial charge in [-0.05, 0) is 44.4 Å². The predicted molar refractivity (Wildman–Crippen MR) is 136 cm³/mol. The maximum absolute atomic E-state index is 13.5. The third kappa shape index (κ3) is 7.30. The molecule has 186 valence electrons. The Kier molecular flexibility index (Phi) is 10.1. The second kappa shape index (κ2) is 12.5. The fourth-order valence-corrected chi connectivity index (χ4v) is 4.40. The van der Waals surface area contributed by atoms with Crippen LogP contribution in [0, 0.1) is 0 Å². The van der Waals surface area contributed by atoms with Gasteiger partial charge in [0.1, 0.15) is 12.6 Å². The van der Waals surface area contributed by atoms with E-state index >= 15 is 0 Å². The lowest BCUT2D eigenvalue weighted by Gasteiger charge is -2.33. The van der Waals surface area contributed by atoms with Gasteiger partial charge in [0.15, 0.2) is 0 Å². The highest BCUT2D eigenvalue weighted by Crippen LogP contribution is 2.20. The van der Waals surface area contributed by atoms with E-state index in [-0.39, 0.29) is 18.5 Å². The van der Waals surface area contributed by atoms with Crippen molar-refractivity contribution in [3.63, 3.8) is 0 Å². The molecule has 0 fully saturated rings. The zero-order chi connectivity index (χ0) is 25.3. The molecule has 0 bridgehead atoms. The lowest BCUT2D eigenvalue weighted by molar-refractivity contribution is -0.139. The van der Waals surface area contributed by atoms with Crippen LogP contribution in [0.25, 0.3) is 0 Å². The number of nitrogens with zero attached hydrogens (tertiary/aromatic N) is 3. The summed E-state index contributed by atoms with van der Waals surface area (Å²) in [6.07, 6.45) is 1.30. The summed E-state index contributed by atoms with van der Waals surface area (Å²) in [6, 6.07) is 17.4. The molecule has 2 aromatic rings. The van der Waals surface area contributed by atoms with Crippen LogP contribution in [0.15, 0.2) is 60.7 Å². The minimum Gasteiger partial charge on any atom is -0.352 e. The van der Waals surface area contributed by atoms with E-state index in [2.05, 4.69) is 5.32 Å². The molecule has 0 saturated heterocycles. The number of anilines is 1. The van der Waals surface area contributed by atoms with Gasteiger partial charge in [-0.1, -0.05) is 55.5 Å². The summed E-state index contributed by atoms with van der Waals surface area (Å²) >= 11 is 0. The first-order valence-corrected chi connectivity index (χ1v) is 12.9. The Hall–Kier alpha value is -2.91. The third-order valence-electron chi connectivity index (χ3n) is 5.72. The molecule has 34 heavy (non-hydrogen) atoms. The molecule has 0 spiro atoms. The number of hydrogen-bond donors (Lipinski definition) is 1. The largest absolute Gasteiger partial charge is 0.352 e. The first kappa shape index (κ1) is 27.3. The van der Waals surface area contributed by atoms with Crippen molar-refractivity contribution in [2.75, 3.05) is 31.5 Å². The summed E-state index contributed by atoms with van der Waals surface area (Å²) in [5.41, 5.74) is 1.40. The minimum atomic E-state index is -3.94. The zero-order valence-corrected chi connectivity index (χ0v) is 21.5. The van der Waals surface area contributed by atoms with Crippen LogP contribution in [0.4, 0.5) is 5.69 Å². The second-order valence-corrected chi connectivity index (χ2v) is 10.5. The molecule has 2 amide bonds. The predicted octanol–water partition coefficient (Wildman–Crippen LogP) is 2.67. The average Bonchev–Trinajstić information content (AvgIpc) is 2.83. The van der Waals surface area contributed by atoms with Crippen LogP contribution in [-0.2, 0) is 26.2 Å². The molecular weight excluding hydrogens is 452 g/mol. The number of amides is 2. The van der Waals surface area contributed by atoms with Crippen molar-refractivity contribution in [3.8, 4) is 0 Å². The number of para-hydroxylation sites is 1. The second-order valence-electron chi connectivity index (χ2n) is 8.45. The van der Waals surface area contributed by atoms with Crippen LogP contribution in [0.5, 0.6) is 0 Å². The van der Waals surface area contributed by atoms with E-state index in [1.165, 1.54) is 19.0 Å². The van der Waals surface area contributed by atoms with Crippen molar-refractivity contribution in [1.29, 1.82) is 0 Å². The highest BCUT2D eigenvalue weighted by molar-refractivity contribution is 7.90. The average molecular weight is 489 g/mol. The van der Waals surface area contributed by atoms with Gasteiger partial charge in [-0.25, -0.2) is 4.31 Å². The molecule has 2 atom stereocenters. The van der Waals surface area contributed by atoms with Gasteiger partial charge >= 0.3 is 10.2 Å². The summed E-state index contributed by atoms with van der Waals surface area (Å²) < 4.78 is 28.3. The molecule has 0 aromatic heterocycles. The Labute approximate surface area is 203 Å². The van der Waals surface area contributed by atoms with Gasteiger partial charge in [0.05, 0.1) is 5.69 Å². The lowest BCUT2D eigenvalue weighted by Crippen LogP contribution is -2.54. The van der Waals surface area contributed by atoms with E-state index in [1.807, 2.05) is 44.2 Å². The fourth-order valence-electron chi connectivity index (χ4n) is 3.35. The molecule has 9 heteroatoms. The summed E-state index contributed by atoms with van der Waals surface area (Å²) in [5.74, 6) is -0.713. The van der Waals surface area contributed by atoms with E-state index in [1.54, 1.807) is 37.3 Å². The first-order valence-electron chi connectivity index (χ1n) is 11.5. The van der Waals surface area contributed by atoms with Crippen molar-refractivity contribution >= 4 is 27.7 Å². The summed E-state index contributed by atoms with van der Waals surface area (Å²) in [6.45, 7) is 5.41. The lowest BCUT2D eigenvalue weighted by atomic mass is 10.1. The Balaban J connectivity index is 2.34. The Morgan fingerprint density at radius 3 is 2.03 bits per heavy atom. The molecule has 8 nitrogen and oxygen atoms in total. The molecule has 0 heterocycles. The molecule has 0 aliphatic rings. The third-order valence-corrected chi connectivity index (χ3v) is 7.54. The first-order chi connectivity index (χ1) is 16.1. The van der Waals surface area contributed by atoms with Gasteiger partial charge in [-0.2, -0.15) is 12.7 Å². The zero-order valence-electron chi connectivity index (χ0n) is 20.6. The Morgan fingerprint density at radius 1 is 0.941 bits per heavy atom. The van der Waals surface area contributed by atoms with Crippen molar-refractivity contribution in [2.24, 2.45) is 0 Å². The SMILES string of the molecule is CCC(C)NC(=O)C(C)N(CCc1ccccc1)C(=O)CN(c1ccccc1)S(=O)(=O)N(C)C. The van der Waals surface area contributed by atoms with Crippen molar-refractivity contribution in [3.05, 3.63) is 66.2 Å². The highest BCUT2D eigenvalue weighted by Gasteiger charge is 2.32. The minimum absolute atomic E-state index is 0.0315. The van der Waals surface area contributed by atoms with E-state index in [0.29, 0.717) is 12.1 Å². The monoisotopic (exact) mass is 488 g/mol. The number of carbonyl (C=O) groups excluding carboxylic acids is 2. The molecule has 0 saturated carbocycles. The summed E-state index contributed by atoms with van der Waals surface area (Å²) in [4.78, 5) is 27.9. The summed E-state index contributed by atoms with van der Waals surface area (Å²) in [5, 5.41) is 2.92. The molecule has 2 rings (SSSR count). The van der Waals surface area contributed by atoms with Crippen LogP contribution in [-0.4, -0.2) is 68.7 Å². The van der Waals surface area contributed by atoms with Gasteiger partial charge < -0.3 is 10.2 Å². The molecule has 0 radical (unpaired) electrons. The Bertz CT molecular complexity index is 1030.